The zero-order chi connectivity index (χ0) is 17.6. The first-order chi connectivity index (χ1) is 11.3. The van der Waals surface area contributed by atoms with Gasteiger partial charge in [0.25, 0.3) is 0 Å². The molecule has 0 spiro atoms. The van der Waals surface area contributed by atoms with Crippen LogP contribution in [0.1, 0.15) is 18.9 Å². The first-order valence-corrected chi connectivity index (χ1v) is 9.01. The number of anilines is 1. The second kappa shape index (κ2) is 7.94. The summed E-state index contributed by atoms with van der Waals surface area (Å²) in [6.45, 7) is 2.00. The number of nitrogens with one attached hydrogen (secondary N) is 1. The van der Waals surface area contributed by atoms with Crippen LogP contribution in [-0.4, -0.2) is 20.9 Å². The summed E-state index contributed by atoms with van der Waals surface area (Å²) in [6.07, 6.45) is 1.57. The lowest BCUT2D eigenvalue weighted by atomic mass is 10.1. The minimum atomic E-state index is -3.64. The molecule has 2 aromatic carbocycles. The van der Waals surface area contributed by atoms with E-state index in [2.05, 4.69) is 5.32 Å². The summed E-state index contributed by atoms with van der Waals surface area (Å²) in [5.41, 5.74) is 1.75. The molecule has 6 nitrogen and oxygen atoms in total. The zero-order valence-corrected chi connectivity index (χ0v) is 14.2. The van der Waals surface area contributed by atoms with Crippen molar-refractivity contribution in [2.45, 2.75) is 24.7 Å². The zero-order valence-electron chi connectivity index (χ0n) is 13.4. The number of carbonyl (C=O) groups excluding carboxylic acids is 1. The van der Waals surface area contributed by atoms with Crippen molar-refractivity contribution in [1.29, 1.82) is 0 Å². The number of carbonyl (C=O) groups is 1. The molecule has 0 aliphatic rings. The van der Waals surface area contributed by atoms with Gasteiger partial charge in [-0.2, -0.15) is 0 Å². The second-order valence-electron chi connectivity index (χ2n) is 5.35. The van der Waals surface area contributed by atoms with E-state index in [9.17, 15) is 13.2 Å². The molecule has 0 atom stereocenters. The average molecular weight is 348 g/mol. The lowest BCUT2D eigenvalue weighted by Gasteiger charge is -2.08. The van der Waals surface area contributed by atoms with Crippen LogP contribution in [0, 0.1) is 0 Å². The van der Waals surface area contributed by atoms with Crippen molar-refractivity contribution in [2.24, 2.45) is 5.14 Å². The summed E-state index contributed by atoms with van der Waals surface area (Å²) >= 11 is 0. The molecule has 0 aliphatic heterocycles. The van der Waals surface area contributed by atoms with Crippen LogP contribution in [0.3, 0.4) is 0 Å². The number of sulfonamides is 1. The van der Waals surface area contributed by atoms with Crippen molar-refractivity contribution in [3.8, 4) is 5.75 Å². The molecular weight excluding hydrogens is 328 g/mol. The lowest BCUT2D eigenvalue weighted by molar-refractivity contribution is -0.114. The van der Waals surface area contributed by atoms with Gasteiger partial charge in [-0.15, -0.1) is 0 Å². The largest absolute Gasteiger partial charge is 0.494 e. The second-order valence-corrected chi connectivity index (χ2v) is 6.91. The van der Waals surface area contributed by atoms with Crippen LogP contribution in [0.5, 0.6) is 5.75 Å². The van der Waals surface area contributed by atoms with Crippen molar-refractivity contribution in [2.75, 3.05) is 11.9 Å². The number of hydrogen-bond acceptors (Lipinski definition) is 4. The Morgan fingerprint density at radius 2 is 1.71 bits per heavy atom. The number of ether oxygens (including phenoxy) is 1. The number of nitrogens with two attached hydrogens (primary N) is 1. The molecule has 0 fully saturated rings. The molecule has 0 heterocycles. The summed E-state index contributed by atoms with van der Waals surface area (Å²) in [4.78, 5) is 11.0. The van der Waals surface area contributed by atoms with Crippen LogP contribution >= 0.6 is 0 Å². The minimum absolute atomic E-state index is 0.113. The maximum atomic E-state index is 11.2. The maximum Gasteiger partial charge on any atom is 0.238 e. The molecule has 0 radical (unpaired) electrons. The van der Waals surface area contributed by atoms with Gasteiger partial charge in [0, 0.05) is 12.6 Å². The van der Waals surface area contributed by atoms with Gasteiger partial charge in [0.05, 0.1) is 11.5 Å². The van der Waals surface area contributed by atoms with E-state index in [-0.39, 0.29) is 10.8 Å². The van der Waals surface area contributed by atoms with Crippen LogP contribution in [0.25, 0.3) is 0 Å². The van der Waals surface area contributed by atoms with Crippen LogP contribution in [0.15, 0.2) is 53.4 Å². The van der Waals surface area contributed by atoms with Gasteiger partial charge in [0.2, 0.25) is 15.9 Å². The van der Waals surface area contributed by atoms with Gasteiger partial charge in [0.15, 0.2) is 0 Å². The number of primary sulfonamides is 1. The van der Waals surface area contributed by atoms with Gasteiger partial charge >= 0.3 is 0 Å². The number of amides is 1. The summed E-state index contributed by atoms with van der Waals surface area (Å²) in [5.74, 6) is 0.616. The van der Waals surface area contributed by atoms with E-state index >= 15 is 0 Å². The van der Waals surface area contributed by atoms with Crippen molar-refractivity contribution in [3.05, 3.63) is 54.1 Å². The Morgan fingerprint density at radius 1 is 1.08 bits per heavy atom. The van der Waals surface area contributed by atoms with E-state index in [0.717, 1.165) is 29.8 Å². The first kappa shape index (κ1) is 18.0. The molecule has 0 aromatic heterocycles. The molecule has 3 N–H and O–H groups in total. The minimum Gasteiger partial charge on any atom is -0.494 e. The molecule has 2 rings (SSSR count). The third-order valence-corrected chi connectivity index (χ3v) is 4.23. The van der Waals surface area contributed by atoms with Gasteiger partial charge in [0.1, 0.15) is 5.75 Å². The molecule has 7 heteroatoms. The lowest BCUT2D eigenvalue weighted by Crippen LogP contribution is -2.11. The highest BCUT2D eigenvalue weighted by Gasteiger charge is 2.06. The summed E-state index contributed by atoms with van der Waals surface area (Å²) < 4.78 is 28.0. The van der Waals surface area contributed by atoms with E-state index in [1.807, 2.05) is 0 Å². The summed E-state index contributed by atoms with van der Waals surface area (Å²) in [5, 5.41) is 7.75. The van der Waals surface area contributed by atoms with Gasteiger partial charge in [-0.3, -0.25) is 4.79 Å². The number of benzene rings is 2. The van der Waals surface area contributed by atoms with Gasteiger partial charge in [-0.1, -0.05) is 12.1 Å². The third kappa shape index (κ3) is 5.68. The molecule has 2 aromatic rings. The fourth-order valence-electron chi connectivity index (χ4n) is 2.15. The van der Waals surface area contributed by atoms with Crippen molar-refractivity contribution in [1.82, 2.24) is 0 Å². The molecule has 0 saturated carbocycles. The van der Waals surface area contributed by atoms with E-state index < -0.39 is 10.0 Å². The Balaban J connectivity index is 1.77. The van der Waals surface area contributed by atoms with E-state index in [0.29, 0.717) is 6.61 Å². The van der Waals surface area contributed by atoms with Crippen LogP contribution in [0.2, 0.25) is 0 Å². The summed E-state index contributed by atoms with van der Waals surface area (Å²) in [7, 11) is -3.64. The van der Waals surface area contributed by atoms with E-state index in [4.69, 9.17) is 9.88 Å². The Hall–Kier alpha value is -2.38. The van der Waals surface area contributed by atoms with Crippen molar-refractivity contribution < 1.29 is 17.9 Å². The number of rotatable bonds is 7. The molecular formula is C17H20N2O4S. The van der Waals surface area contributed by atoms with Crippen molar-refractivity contribution in [3.63, 3.8) is 0 Å². The normalized spacial score (nSPS) is 11.1. The summed E-state index contributed by atoms with van der Waals surface area (Å²) in [6, 6.07) is 13.7. The molecule has 0 aliphatic carbocycles. The maximum absolute atomic E-state index is 11.2. The van der Waals surface area contributed by atoms with Crippen molar-refractivity contribution >= 4 is 21.6 Å². The standard InChI is InChI=1S/C17H20N2O4S/c1-13(20)19-15-6-8-16(9-7-15)23-12-2-3-14-4-10-17(11-5-14)24(18,21)22/h4-11H,2-3,12H2,1H3,(H,19,20)(H2,18,21,22). The monoisotopic (exact) mass is 348 g/mol. The fraction of sp³-hybridized carbons (Fsp3) is 0.235. The SMILES string of the molecule is CC(=O)Nc1ccc(OCCCc2ccc(S(N)(=O)=O)cc2)cc1. The quantitative estimate of drug-likeness (QED) is 0.750. The highest BCUT2D eigenvalue weighted by atomic mass is 32.2. The molecule has 0 bridgehead atoms. The number of hydrogen-bond donors (Lipinski definition) is 2. The van der Waals surface area contributed by atoms with E-state index in [1.165, 1.54) is 19.1 Å². The first-order valence-electron chi connectivity index (χ1n) is 7.47. The van der Waals surface area contributed by atoms with Crippen LogP contribution < -0.4 is 15.2 Å². The number of aryl methyl sites for hydroxylation is 1. The van der Waals surface area contributed by atoms with E-state index in [1.54, 1.807) is 36.4 Å². The van der Waals surface area contributed by atoms with Crippen LogP contribution in [0.4, 0.5) is 5.69 Å². The van der Waals surface area contributed by atoms with Crippen LogP contribution in [-0.2, 0) is 21.2 Å². The molecule has 0 saturated heterocycles. The predicted molar refractivity (Wildman–Crippen MR) is 92.4 cm³/mol. The Kier molecular flexibility index (Phi) is 5.94. The third-order valence-electron chi connectivity index (χ3n) is 3.31. The Morgan fingerprint density at radius 3 is 2.25 bits per heavy atom. The fourth-order valence-corrected chi connectivity index (χ4v) is 2.67. The van der Waals surface area contributed by atoms with Gasteiger partial charge in [-0.25, -0.2) is 13.6 Å². The molecule has 128 valence electrons. The van der Waals surface area contributed by atoms with Gasteiger partial charge in [-0.05, 0) is 54.8 Å². The Labute approximate surface area is 141 Å². The predicted octanol–water partition coefficient (Wildman–Crippen LogP) is 2.30. The van der Waals surface area contributed by atoms with Gasteiger partial charge < -0.3 is 10.1 Å². The average Bonchev–Trinajstić information content (AvgIpc) is 2.52. The topological polar surface area (TPSA) is 98.5 Å². The smallest absolute Gasteiger partial charge is 0.238 e. The Bertz CT molecular complexity index is 784. The highest BCUT2D eigenvalue weighted by molar-refractivity contribution is 7.89. The highest BCUT2D eigenvalue weighted by Crippen LogP contribution is 2.16. The molecule has 1 amide bonds. The molecule has 24 heavy (non-hydrogen) atoms. The molecule has 0 unspecified atom stereocenters.